The number of halogens is 1. The maximum Gasteiger partial charge on any atom is 0.332 e. The Labute approximate surface area is 186 Å². The van der Waals surface area contributed by atoms with Crippen molar-refractivity contribution in [3.8, 4) is 5.75 Å². The van der Waals surface area contributed by atoms with Crippen molar-refractivity contribution < 1.29 is 14.3 Å². The lowest BCUT2D eigenvalue weighted by atomic mass is 10.1. The number of anilines is 1. The molecule has 1 aromatic carbocycles. The van der Waals surface area contributed by atoms with Gasteiger partial charge in [0.05, 0.1) is 25.0 Å². The van der Waals surface area contributed by atoms with E-state index in [0.29, 0.717) is 23.8 Å². The third kappa shape index (κ3) is 3.84. The van der Waals surface area contributed by atoms with Crippen LogP contribution in [0.25, 0.3) is 5.65 Å². The summed E-state index contributed by atoms with van der Waals surface area (Å²) in [6, 6.07) is 9.02. The monoisotopic (exact) mass is 441 g/mol. The molecule has 1 saturated heterocycles. The molecule has 2 N–H and O–H groups in total. The number of rotatable bonds is 6. The van der Waals surface area contributed by atoms with Gasteiger partial charge in [0, 0.05) is 18.9 Å². The summed E-state index contributed by atoms with van der Waals surface area (Å²) in [5.74, 6) is 1.01. The zero-order valence-electron chi connectivity index (χ0n) is 17.2. The number of pyridine rings is 1. The molecule has 0 atom stereocenters. The summed E-state index contributed by atoms with van der Waals surface area (Å²) in [5, 5.41) is 0. The fourth-order valence-electron chi connectivity index (χ4n) is 3.89. The van der Waals surface area contributed by atoms with Gasteiger partial charge in [-0.2, -0.15) is 0 Å². The number of amides is 3. The summed E-state index contributed by atoms with van der Waals surface area (Å²) in [6.45, 7) is 0.541. The lowest BCUT2D eigenvalue weighted by Gasteiger charge is -2.19. The van der Waals surface area contributed by atoms with Crippen LogP contribution in [0.15, 0.2) is 42.7 Å². The van der Waals surface area contributed by atoms with Gasteiger partial charge in [-0.05, 0) is 48.1 Å². The van der Waals surface area contributed by atoms with Crippen LogP contribution >= 0.6 is 12.4 Å². The summed E-state index contributed by atoms with van der Waals surface area (Å²) in [4.78, 5) is 33.3. The molecule has 3 amide bonds. The quantitative estimate of drug-likeness (QED) is 0.593. The average Bonchev–Trinajstić information content (AvgIpc) is 3.47. The van der Waals surface area contributed by atoms with E-state index in [4.69, 9.17) is 10.5 Å². The van der Waals surface area contributed by atoms with Crippen molar-refractivity contribution in [3.05, 3.63) is 59.5 Å². The van der Waals surface area contributed by atoms with Gasteiger partial charge in [-0.1, -0.05) is 12.1 Å². The minimum Gasteiger partial charge on any atom is -0.497 e. The molecular weight excluding hydrogens is 418 g/mol. The number of imidazole rings is 1. The van der Waals surface area contributed by atoms with Gasteiger partial charge < -0.3 is 14.9 Å². The molecule has 5 rings (SSSR count). The van der Waals surface area contributed by atoms with Gasteiger partial charge in [0.1, 0.15) is 12.3 Å². The number of ether oxygens (including phenoxy) is 1. The van der Waals surface area contributed by atoms with Gasteiger partial charge >= 0.3 is 6.03 Å². The zero-order chi connectivity index (χ0) is 20.8. The SMILES string of the molecule is COc1ccc(CN2C(=O)CN(c3cc(C4CC4)cn4cc(CN)nc34)C2=O)cc1.Cl. The molecule has 0 unspecified atom stereocenters. The van der Waals surface area contributed by atoms with Gasteiger partial charge in [0.25, 0.3) is 5.91 Å². The van der Waals surface area contributed by atoms with Gasteiger partial charge in [0.2, 0.25) is 0 Å². The van der Waals surface area contributed by atoms with Crippen LogP contribution in [0.5, 0.6) is 5.75 Å². The second-order valence-corrected chi connectivity index (χ2v) is 7.80. The van der Waals surface area contributed by atoms with E-state index >= 15 is 0 Å². The second-order valence-electron chi connectivity index (χ2n) is 7.80. The number of nitrogens with two attached hydrogens (primary N) is 1. The number of aromatic nitrogens is 2. The largest absolute Gasteiger partial charge is 0.497 e. The number of carbonyl (C=O) groups is 2. The standard InChI is InChI=1S/C22H23N5O3.ClH/c1-30-18-6-2-14(3-7-18)10-27-20(28)13-26(22(27)29)19-8-16(15-4-5-15)11-25-12-17(9-23)24-21(19)25;/h2-3,6-8,11-12,15H,4-5,9-10,13,23H2,1H3;1H. The highest BCUT2D eigenvalue weighted by atomic mass is 35.5. The molecule has 2 fully saturated rings. The fraction of sp³-hybridized carbons (Fsp3) is 0.318. The fourth-order valence-corrected chi connectivity index (χ4v) is 3.89. The van der Waals surface area contributed by atoms with E-state index in [2.05, 4.69) is 11.2 Å². The first-order valence-corrected chi connectivity index (χ1v) is 10.0. The zero-order valence-corrected chi connectivity index (χ0v) is 18.0. The van der Waals surface area contributed by atoms with E-state index in [0.717, 1.165) is 35.4 Å². The molecular formula is C22H24ClN5O3. The van der Waals surface area contributed by atoms with Crippen LogP contribution < -0.4 is 15.4 Å². The molecule has 0 bridgehead atoms. The normalized spacial score (nSPS) is 16.2. The number of imide groups is 1. The lowest BCUT2D eigenvalue weighted by Crippen LogP contribution is -2.32. The third-order valence-electron chi connectivity index (χ3n) is 5.71. The molecule has 1 aliphatic heterocycles. The smallest absolute Gasteiger partial charge is 0.332 e. The highest BCUT2D eigenvalue weighted by Gasteiger charge is 2.38. The third-order valence-corrected chi connectivity index (χ3v) is 5.71. The Morgan fingerprint density at radius 3 is 2.55 bits per heavy atom. The van der Waals surface area contributed by atoms with Crippen molar-refractivity contribution in [1.29, 1.82) is 0 Å². The first-order valence-electron chi connectivity index (χ1n) is 10.0. The summed E-state index contributed by atoms with van der Waals surface area (Å²) in [5.41, 5.74) is 9.86. The van der Waals surface area contributed by atoms with Crippen LogP contribution in [0.3, 0.4) is 0 Å². The van der Waals surface area contributed by atoms with Crippen molar-refractivity contribution in [2.45, 2.75) is 31.8 Å². The van der Waals surface area contributed by atoms with Gasteiger partial charge in [0.15, 0.2) is 5.65 Å². The molecule has 0 radical (unpaired) electrons. The van der Waals surface area contributed by atoms with Crippen LogP contribution in [-0.2, 0) is 17.9 Å². The number of benzene rings is 1. The molecule has 2 aromatic heterocycles. The van der Waals surface area contributed by atoms with Gasteiger partial charge in [-0.3, -0.25) is 14.6 Å². The van der Waals surface area contributed by atoms with Crippen LogP contribution in [0.1, 0.15) is 35.6 Å². The average molecular weight is 442 g/mol. The Bertz CT molecular complexity index is 1140. The van der Waals surface area contributed by atoms with Crippen LogP contribution in [0.4, 0.5) is 10.5 Å². The molecule has 3 heterocycles. The van der Waals surface area contributed by atoms with Crippen molar-refractivity contribution in [1.82, 2.24) is 14.3 Å². The first kappa shape index (κ1) is 21.1. The number of hydrogen-bond donors (Lipinski definition) is 1. The first-order chi connectivity index (χ1) is 14.6. The molecule has 3 aromatic rings. The Kier molecular flexibility index (Phi) is 5.60. The van der Waals surface area contributed by atoms with Crippen LogP contribution in [0, 0.1) is 0 Å². The van der Waals surface area contributed by atoms with Crippen molar-refractivity contribution in [2.75, 3.05) is 18.6 Å². The minimum atomic E-state index is -0.331. The summed E-state index contributed by atoms with van der Waals surface area (Å²) in [7, 11) is 1.60. The number of urea groups is 1. The van der Waals surface area contributed by atoms with Crippen molar-refractivity contribution in [3.63, 3.8) is 0 Å². The predicted octanol–water partition coefficient (Wildman–Crippen LogP) is 3.07. The van der Waals surface area contributed by atoms with E-state index in [9.17, 15) is 9.59 Å². The summed E-state index contributed by atoms with van der Waals surface area (Å²) >= 11 is 0. The number of fused-ring (bicyclic) bond motifs is 1. The van der Waals surface area contributed by atoms with Crippen molar-refractivity contribution in [2.24, 2.45) is 5.73 Å². The maximum absolute atomic E-state index is 13.2. The van der Waals surface area contributed by atoms with E-state index in [1.54, 1.807) is 7.11 Å². The molecule has 9 heteroatoms. The molecule has 8 nitrogen and oxygen atoms in total. The molecule has 162 valence electrons. The van der Waals surface area contributed by atoms with E-state index < -0.39 is 0 Å². The molecule has 1 saturated carbocycles. The summed E-state index contributed by atoms with van der Waals surface area (Å²) < 4.78 is 7.10. The van der Waals surface area contributed by atoms with Gasteiger partial charge in [-0.25, -0.2) is 9.78 Å². The molecule has 31 heavy (non-hydrogen) atoms. The van der Waals surface area contributed by atoms with E-state index in [1.807, 2.05) is 40.9 Å². The number of carbonyl (C=O) groups excluding carboxylic acids is 2. The van der Waals surface area contributed by atoms with Crippen LogP contribution in [-0.4, -0.2) is 39.9 Å². The summed E-state index contributed by atoms with van der Waals surface area (Å²) in [6.07, 6.45) is 6.22. The Morgan fingerprint density at radius 2 is 1.90 bits per heavy atom. The van der Waals surface area contributed by atoms with E-state index in [-0.39, 0.29) is 37.4 Å². The number of hydrogen-bond acceptors (Lipinski definition) is 5. The lowest BCUT2D eigenvalue weighted by molar-refractivity contribution is -0.125. The molecule has 1 aliphatic carbocycles. The molecule has 0 spiro atoms. The van der Waals surface area contributed by atoms with Crippen molar-refractivity contribution >= 4 is 35.7 Å². The highest BCUT2D eigenvalue weighted by molar-refractivity contribution is 6.13. The minimum absolute atomic E-state index is 0. The topological polar surface area (TPSA) is 93.2 Å². The predicted molar refractivity (Wildman–Crippen MR) is 119 cm³/mol. The Balaban J connectivity index is 0.00000231. The van der Waals surface area contributed by atoms with Gasteiger partial charge in [-0.15, -0.1) is 12.4 Å². The Morgan fingerprint density at radius 1 is 1.16 bits per heavy atom. The van der Waals surface area contributed by atoms with Crippen LogP contribution in [0.2, 0.25) is 0 Å². The second kappa shape index (κ2) is 8.20. The number of nitrogens with zero attached hydrogens (tertiary/aromatic N) is 4. The number of methoxy groups -OCH3 is 1. The Hall–Kier alpha value is -3.10. The van der Waals surface area contributed by atoms with E-state index in [1.165, 1.54) is 9.80 Å². The maximum atomic E-state index is 13.2. The highest BCUT2D eigenvalue weighted by Crippen LogP contribution is 2.42. The molecule has 2 aliphatic rings.